The lowest BCUT2D eigenvalue weighted by Gasteiger charge is -2.20. The van der Waals surface area contributed by atoms with Crippen molar-refractivity contribution in [3.05, 3.63) is 84.2 Å². The molecule has 0 radical (unpaired) electrons. The summed E-state index contributed by atoms with van der Waals surface area (Å²) in [5.74, 6) is 0.367. The van der Waals surface area contributed by atoms with Crippen LogP contribution < -0.4 is 10.1 Å². The van der Waals surface area contributed by atoms with Gasteiger partial charge in [-0.05, 0) is 55.8 Å². The lowest BCUT2D eigenvalue weighted by molar-refractivity contribution is -0.141. The van der Waals surface area contributed by atoms with Crippen molar-refractivity contribution in [2.75, 3.05) is 33.4 Å². The van der Waals surface area contributed by atoms with E-state index in [1.807, 2.05) is 72.8 Å². The zero-order valence-electron chi connectivity index (χ0n) is 24.2. The number of likely N-dealkylation sites (tertiary alicyclic amines) is 1. The van der Waals surface area contributed by atoms with Crippen molar-refractivity contribution in [3.8, 4) is 17.0 Å². The van der Waals surface area contributed by atoms with E-state index in [9.17, 15) is 14.7 Å². The first-order chi connectivity index (χ1) is 21.0. The third kappa shape index (κ3) is 7.68. The summed E-state index contributed by atoms with van der Waals surface area (Å²) in [6.45, 7) is 2.71. The van der Waals surface area contributed by atoms with Crippen LogP contribution in [-0.4, -0.2) is 82.2 Å². The number of rotatable bonds is 14. The Balaban J connectivity index is 1.25. The zero-order valence-corrected chi connectivity index (χ0v) is 24.2. The normalized spacial score (nSPS) is 16.4. The molecule has 4 aromatic rings. The first kappa shape index (κ1) is 30.0. The van der Waals surface area contributed by atoms with Crippen molar-refractivity contribution in [2.45, 2.75) is 44.4 Å². The fraction of sp³-hybridized carbons (Fsp3) is 0.375. The summed E-state index contributed by atoms with van der Waals surface area (Å²) in [6, 6.07) is 21.8. The fourth-order valence-electron chi connectivity index (χ4n) is 5.27. The monoisotopic (exact) mass is 587 g/mol. The number of carbonyl (C=O) groups excluding carboxylic acids is 1. The minimum atomic E-state index is -1.09. The molecule has 1 aliphatic rings. The van der Waals surface area contributed by atoms with Crippen molar-refractivity contribution < 1.29 is 28.9 Å². The number of hydrogen-bond donors (Lipinski definition) is 2. The van der Waals surface area contributed by atoms with Crippen LogP contribution in [0.5, 0.6) is 5.75 Å². The van der Waals surface area contributed by atoms with E-state index in [4.69, 9.17) is 14.2 Å². The highest BCUT2D eigenvalue weighted by Crippen LogP contribution is 2.29. The maximum atomic E-state index is 12.8. The van der Waals surface area contributed by atoms with Gasteiger partial charge in [0, 0.05) is 32.1 Å². The Morgan fingerprint density at radius 2 is 1.81 bits per heavy atom. The second-order valence-electron chi connectivity index (χ2n) is 10.5. The van der Waals surface area contributed by atoms with Crippen molar-refractivity contribution in [1.29, 1.82) is 0 Å². The summed E-state index contributed by atoms with van der Waals surface area (Å²) in [6.07, 6.45) is 1.64. The van der Waals surface area contributed by atoms with Gasteiger partial charge in [-0.25, -0.2) is 9.59 Å². The van der Waals surface area contributed by atoms with Gasteiger partial charge in [0.1, 0.15) is 30.3 Å². The number of aromatic nitrogens is 3. The summed E-state index contributed by atoms with van der Waals surface area (Å²) in [4.78, 5) is 26.0. The summed E-state index contributed by atoms with van der Waals surface area (Å²) in [7, 11) is 1.71. The number of carboxylic acids is 1. The molecule has 0 spiro atoms. The van der Waals surface area contributed by atoms with Crippen molar-refractivity contribution in [3.63, 3.8) is 0 Å². The van der Waals surface area contributed by atoms with Gasteiger partial charge in [0.15, 0.2) is 5.65 Å². The summed E-state index contributed by atoms with van der Waals surface area (Å²) < 4.78 is 18.8. The number of hydrogen-bond acceptors (Lipinski definition) is 8. The van der Waals surface area contributed by atoms with Gasteiger partial charge in [-0.15, -0.1) is 10.2 Å². The number of aliphatic carboxylic acids is 1. The Morgan fingerprint density at radius 3 is 2.63 bits per heavy atom. The molecule has 11 heteroatoms. The molecular weight excluding hydrogens is 550 g/mol. The third-order valence-corrected chi connectivity index (χ3v) is 7.37. The first-order valence-corrected chi connectivity index (χ1v) is 14.5. The maximum absolute atomic E-state index is 12.8. The third-order valence-electron chi connectivity index (χ3n) is 7.37. The molecule has 1 fully saturated rings. The molecule has 226 valence electrons. The highest BCUT2D eigenvalue weighted by atomic mass is 16.6. The van der Waals surface area contributed by atoms with Gasteiger partial charge in [0.05, 0.1) is 12.2 Å². The molecule has 3 heterocycles. The molecule has 0 aliphatic carbocycles. The second-order valence-corrected chi connectivity index (χ2v) is 10.5. The molecule has 1 aliphatic heterocycles. The van der Waals surface area contributed by atoms with Crippen molar-refractivity contribution in [1.82, 2.24) is 24.8 Å². The number of methoxy groups -OCH3 is 1. The van der Waals surface area contributed by atoms with E-state index in [-0.39, 0.29) is 19.6 Å². The average Bonchev–Trinajstić information content (AvgIpc) is 3.65. The summed E-state index contributed by atoms with van der Waals surface area (Å²) in [5.41, 5.74) is 3.43. The molecule has 1 amide bonds. The number of nitrogens with one attached hydrogen (secondary N) is 1. The largest absolute Gasteiger partial charge is 0.488 e. The molecule has 2 atom stereocenters. The number of carbonyl (C=O) groups is 2. The van der Waals surface area contributed by atoms with Crippen LogP contribution in [0, 0.1) is 0 Å². The van der Waals surface area contributed by atoms with Gasteiger partial charge in [-0.3, -0.25) is 9.30 Å². The smallest absolute Gasteiger partial charge is 0.410 e. The zero-order chi connectivity index (χ0) is 30.0. The average molecular weight is 588 g/mol. The van der Waals surface area contributed by atoms with Crippen LogP contribution in [0.15, 0.2) is 72.8 Å². The van der Waals surface area contributed by atoms with Crippen LogP contribution in [0.25, 0.3) is 16.9 Å². The van der Waals surface area contributed by atoms with Gasteiger partial charge in [0.2, 0.25) is 0 Å². The highest BCUT2D eigenvalue weighted by molar-refractivity contribution is 5.81. The molecule has 2 N–H and O–H groups in total. The van der Waals surface area contributed by atoms with E-state index in [0.29, 0.717) is 5.75 Å². The van der Waals surface area contributed by atoms with Crippen LogP contribution in [0.2, 0.25) is 0 Å². The maximum Gasteiger partial charge on any atom is 0.410 e. The summed E-state index contributed by atoms with van der Waals surface area (Å²) in [5, 5.41) is 22.0. The Hall–Kier alpha value is -4.48. The number of benzene rings is 2. The first-order valence-electron chi connectivity index (χ1n) is 14.5. The lowest BCUT2D eigenvalue weighted by Crippen LogP contribution is -2.40. The Kier molecular flexibility index (Phi) is 10.2. The van der Waals surface area contributed by atoms with E-state index in [0.717, 1.165) is 67.3 Å². The van der Waals surface area contributed by atoms with Gasteiger partial charge in [-0.1, -0.05) is 48.5 Å². The molecule has 2 aromatic carbocycles. The summed E-state index contributed by atoms with van der Waals surface area (Å²) >= 11 is 0. The van der Waals surface area contributed by atoms with Crippen molar-refractivity contribution >= 4 is 17.7 Å². The van der Waals surface area contributed by atoms with E-state index in [2.05, 4.69) is 19.9 Å². The quantitative estimate of drug-likeness (QED) is 0.209. The number of amides is 1. The van der Waals surface area contributed by atoms with Gasteiger partial charge < -0.3 is 24.6 Å². The minimum absolute atomic E-state index is 0.0671. The van der Waals surface area contributed by atoms with Gasteiger partial charge >= 0.3 is 12.1 Å². The molecule has 5 rings (SSSR count). The molecule has 1 saturated heterocycles. The second kappa shape index (κ2) is 14.6. The number of nitrogens with zero attached hydrogens (tertiary/aromatic N) is 4. The molecule has 0 saturated carbocycles. The molecule has 2 aromatic heterocycles. The molecule has 11 nitrogen and oxygen atoms in total. The molecule has 43 heavy (non-hydrogen) atoms. The Labute approximate surface area is 250 Å². The van der Waals surface area contributed by atoms with Gasteiger partial charge in [0.25, 0.3) is 0 Å². The number of fused-ring (bicyclic) bond motifs is 1. The number of pyridine rings is 1. The van der Waals surface area contributed by atoms with Crippen molar-refractivity contribution in [2.24, 2.45) is 0 Å². The van der Waals surface area contributed by atoms with E-state index in [1.54, 1.807) is 7.11 Å². The standard InChI is InChI=1S/C32H37N5O6/c1-41-18-8-17-33-16-7-15-30-35-34-29-14-6-13-27(37(29)30)24-11-5-12-25(19-24)43-26-20-28(31(38)39)36(21-26)32(40)42-22-23-9-3-2-4-10-23/h2-6,9-14,19,26,28,33H,7-8,15-18,20-22H2,1H3,(H,38,39)/t26-,28-/m0/s1. The van der Waals surface area contributed by atoms with Crippen LogP contribution in [-0.2, 0) is 27.3 Å². The SMILES string of the molecule is COCCCNCCCc1nnc2cccc(-c3cccc(O[C@H]4C[C@@H](C(=O)O)N(C(=O)OCc5ccccc5)C4)c3)n12. The van der Waals surface area contributed by atoms with Crippen LogP contribution >= 0.6 is 0 Å². The van der Waals surface area contributed by atoms with E-state index < -0.39 is 24.2 Å². The minimum Gasteiger partial charge on any atom is -0.488 e. The molecule has 0 bridgehead atoms. The van der Waals surface area contributed by atoms with Crippen LogP contribution in [0.3, 0.4) is 0 Å². The molecule has 0 unspecified atom stereocenters. The Morgan fingerprint density at radius 1 is 1.00 bits per heavy atom. The predicted molar refractivity (Wildman–Crippen MR) is 160 cm³/mol. The number of ether oxygens (including phenoxy) is 3. The number of aryl methyl sites for hydroxylation is 1. The number of carboxylic acid groups (broad SMARTS) is 1. The fourth-order valence-corrected chi connectivity index (χ4v) is 5.27. The van der Waals surface area contributed by atoms with E-state index >= 15 is 0 Å². The predicted octanol–water partition coefficient (Wildman–Crippen LogP) is 4.20. The Bertz CT molecular complexity index is 1510. The topological polar surface area (TPSA) is 128 Å². The highest BCUT2D eigenvalue weighted by Gasteiger charge is 2.41. The lowest BCUT2D eigenvalue weighted by atomic mass is 10.1. The van der Waals surface area contributed by atoms with Crippen LogP contribution in [0.1, 0.15) is 30.7 Å². The van der Waals surface area contributed by atoms with E-state index in [1.165, 1.54) is 4.90 Å². The van der Waals surface area contributed by atoms with Gasteiger partial charge in [-0.2, -0.15) is 0 Å². The van der Waals surface area contributed by atoms with Crippen LogP contribution in [0.4, 0.5) is 4.79 Å². The molecular formula is C32H37N5O6.